The first kappa shape index (κ1) is 15.2. The van der Waals surface area contributed by atoms with Gasteiger partial charge in [0.05, 0.1) is 5.56 Å². The first-order valence-electron chi connectivity index (χ1n) is 6.18. The Kier molecular flexibility index (Phi) is 3.87. The van der Waals surface area contributed by atoms with Crippen molar-refractivity contribution in [2.75, 3.05) is 0 Å². The zero-order valence-corrected chi connectivity index (χ0v) is 11.9. The molecular formula is C13H12N2O5S. The number of benzene rings is 1. The molecule has 2 rings (SSSR count). The molecule has 0 saturated carbocycles. The molecule has 1 N–H and O–H groups in total. The molecule has 0 heterocycles. The second-order valence-electron chi connectivity index (χ2n) is 4.66. The molecule has 21 heavy (non-hydrogen) atoms. The van der Waals surface area contributed by atoms with Crippen molar-refractivity contribution >= 4 is 27.4 Å². The van der Waals surface area contributed by atoms with Gasteiger partial charge in [-0.15, -0.1) is 0 Å². The van der Waals surface area contributed by atoms with Gasteiger partial charge in [-0.05, 0) is 17.7 Å². The summed E-state index contributed by atoms with van der Waals surface area (Å²) < 4.78 is 32.2. The lowest BCUT2D eigenvalue weighted by atomic mass is 9.87. The highest BCUT2D eigenvalue weighted by Crippen LogP contribution is 2.34. The summed E-state index contributed by atoms with van der Waals surface area (Å²) in [7, 11) is -4.52. The molecule has 0 fully saturated rings. The lowest BCUT2D eigenvalue weighted by Gasteiger charge is -2.20. The smallest absolute Gasteiger partial charge is 0.361 e. The molecule has 0 saturated heterocycles. The molecule has 110 valence electrons. The second kappa shape index (κ2) is 5.33. The molecule has 0 aromatic heterocycles. The van der Waals surface area contributed by atoms with Crippen LogP contribution in [0.5, 0.6) is 0 Å². The molecule has 1 unspecified atom stereocenters. The van der Waals surface area contributed by atoms with E-state index < -0.39 is 27.6 Å². The van der Waals surface area contributed by atoms with E-state index in [0.717, 1.165) is 0 Å². The monoisotopic (exact) mass is 308 g/mol. The molecule has 0 amide bonds. The van der Waals surface area contributed by atoms with Crippen LogP contribution in [-0.2, 0) is 14.9 Å². The van der Waals surface area contributed by atoms with Gasteiger partial charge >= 0.3 is 5.71 Å². The Balaban J connectivity index is 2.74. The van der Waals surface area contributed by atoms with Gasteiger partial charge in [-0.1, -0.05) is 13.0 Å². The number of nitrogens with zero attached hydrogens (tertiary/aromatic N) is 2. The predicted molar refractivity (Wildman–Crippen MR) is 72.7 cm³/mol. The summed E-state index contributed by atoms with van der Waals surface area (Å²) in [6, 6.07) is 4.09. The Morgan fingerprint density at radius 3 is 2.67 bits per heavy atom. The van der Waals surface area contributed by atoms with Gasteiger partial charge in [-0.3, -0.25) is 14.1 Å². The van der Waals surface area contributed by atoms with Crippen molar-refractivity contribution in [3.05, 3.63) is 40.4 Å². The van der Waals surface area contributed by atoms with Gasteiger partial charge < -0.3 is 5.53 Å². The van der Waals surface area contributed by atoms with Crippen LogP contribution >= 0.6 is 0 Å². The molecule has 1 atom stereocenters. The van der Waals surface area contributed by atoms with Crippen molar-refractivity contribution in [1.29, 1.82) is 0 Å². The van der Waals surface area contributed by atoms with E-state index in [-0.39, 0.29) is 34.6 Å². The van der Waals surface area contributed by atoms with E-state index in [2.05, 4.69) is 4.79 Å². The summed E-state index contributed by atoms with van der Waals surface area (Å²) >= 11 is 0. The van der Waals surface area contributed by atoms with Crippen LogP contribution in [0, 0.1) is 0 Å². The minimum Gasteiger partial charge on any atom is -0.361 e. The Morgan fingerprint density at radius 2 is 2.14 bits per heavy atom. The number of carbonyl (C=O) groups is 2. The minimum absolute atomic E-state index is 0.0872. The van der Waals surface area contributed by atoms with Crippen molar-refractivity contribution in [3.8, 4) is 0 Å². The summed E-state index contributed by atoms with van der Waals surface area (Å²) in [6.45, 7) is 1.66. The molecule has 1 aromatic rings. The summed E-state index contributed by atoms with van der Waals surface area (Å²) in [5, 5.41) is -1.46. The zero-order chi connectivity index (χ0) is 15.8. The summed E-state index contributed by atoms with van der Waals surface area (Å²) in [6.07, 6.45) is -0.301. The standard InChI is InChI=1S/C13H12N2O5S/c1-2-10(16)7-3-4-8-9(5-7)12(21(18,19)20)6-11(17)13(8)15-14/h3-5,12H,2,6H2,1H3,(H,18,19,20). The molecule has 1 aromatic carbocycles. The highest BCUT2D eigenvalue weighted by Gasteiger charge is 2.42. The summed E-state index contributed by atoms with van der Waals surface area (Å²) in [5.74, 6) is -0.895. The maximum Gasteiger partial charge on any atom is 0.365 e. The number of fused-ring (bicyclic) bond motifs is 1. The number of hydrogen-bond donors (Lipinski definition) is 1. The Hall–Kier alpha value is -2.15. The molecule has 1 aliphatic carbocycles. The predicted octanol–water partition coefficient (Wildman–Crippen LogP) is 1.20. The lowest BCUT2D eigenvalue weighted by molar-refractivity contribution is -0.117. The lowest BCUT2D eigenvalue weighted by Crippen LogP contribution is -2.31. The van der Waals surface area contributed by atoms with Gasteiger partial charge in [0.25, 0.3) is 10.1 Å². The Bertz CT molecular complexity index is 791. The van der Waals surface area contributed by atoms with E-state index >= 15 is 0 Å². The third-order valence-corrected chi connectivity index (χ3v) is 4.53. The average Bonchev–Trinajstić information content (AvgIpc) is 2.44. The van der Waals surface area contributed by atoms with E-state index in [0.29, 0.717) is 0 Å². The van der Waals surface area contributed by atoms with Crippen LogP contribution in [0.1, 0.15) is 46.5 Å². The summed E-state index contributed by atoms with van der Waals surface area (Å²) in [5.41, 5.74) is 9.10. The largest absolute Gasteiger partial charge is 0.365 e. The van der Waals surface area contributed by atoms with Crippen LogP contribution in [0.25, 0.3) is 5.53 Å². The molecule has 0 radical (unpaired) electrons. The molecule has 7 nitrogen and oxygen atoms in total. The number of rotatable bonds is 3. The van der Waals surface area contributed by atoms with Gasteiger partial charge in [-0.25, -0.2) is 0 Å². The maximum atomic E-state index is 11.8. The normalized spacial score (nSPS) is 18.1. The number of Topliss-reactive ketones (excluding diaryl/α,β-unsaturated/α-hetero) is 2. The van der Waals surface area contributed by atoms with E-state index in [4.69, 9.17) is 5.53 Å². The molecule has 0 bridgehead atoms. The van der Waals surface area contributed by atoms with E-state index in [1.807, 2.05) is 0 Å². The van der Waals surface area contributed by atoms with Crippen LogP contribution in [0.15, 0.2) is 18.2 Å². The van der Waals surface area contributed by atoms with Crippen LogP contribution < -0.4 is 0 Å². The first-order valence-corrected chi connectivity index (χ1v) is 7.69. The Labute approximate surface area is 121 Å². The van der Waals surface area contributed by atoms with Gasteiger partial charge in [0, 0.05) is 18.4 Å². The van der Waals surface area contributed by atoms with Crippen LogP contribution in [0.2, 0.25) is 0 Å². The van der Waals surface area contributed by atoms with Gasteiger partial charge in [-0.2, -0.15) is 13.2 Å². The van der Waals surface area contributed by atoms with Crippen molar-refractivity contribution in [2.45, 2.75) is 25.0 Å². The molecule has 0 spiro atoms. The number of hydrogen-bond acceptors (Lipinski definition) is 4. The average molecular weight is 308 g/mol. The molecule has 8 heteroatoms. The van der Waals surface area contributed by atoms with Crippen molar-refractivity contribution in [1.82, 2.24) is 0 Å². The highest BCUT2D eigenvalue weighted by atomic mass is 32.2. The fourth-order valence-electron chi connectivity index (χ4n) is 2.32. The van der Waals surface area contributed by atoms with Crippen LogP contribution in [0.3, 0.4) is 0 Å². The number of ketones is 2. The first-order chi connectivity index (χ1) is 9.79. The fourth-order valence-corrected chi connectivity index (χ4v) is 3.20. The third kappa shape index (κ3) is 2.69. The van der Waals surface area contributed by atoms with Gasteiger partial charge in [0.2, 0.25) is 5.78 Å². The third-order valence-electron chi connectivity index (χ3n) is 3.39. The van der Waals surface area contributed by atoms with E-state index in [1.165, 1.54) is 18.2 Å². The molecular weight excluding hydrogens is 296 g/mol. The van der Waals surface area contributed by atoms with Crippen LogP contribution in [-0.4, -0.2) is 35.0 Å². The highest BCUT2D eigenvalue weighted by molar-refractivity contribution is 7.86. The quantitative estimate of drug-likeness (QED) is 0.388. The topological polar surface area (TPSA) is 125 Å². The summed E-state index contributed by atoms with van der Waals surface area (Å²) in [4.78, 5) is 26.4. The SMILES string of the molecule is CCC(=O)c1ccc2c(c1)C(S(=O)(=O)O)CC(=O)C2=[N+]=[N-]. The Morgan fingerprint density at radius 1 is 1.48 bits per heavy atom. The maximum absolute atomic E-state index is 11.8. The van der Waals surface area contributed by atoms with Crippen LogP contribution in [0.4, 0.5) is 0 Å². The van der Waals surface area contributed by atoms with Crippen molar-refractivity contribution in [2.24, 2.45) is 0 Å². The van der Waals surface area contributed by atoms with Gasteiger partial charge in [0.15, 0.2) is 5.78 Å². The van der Waals surface area contributed by atoms with Crippen molar-refractivity contribution in [3.63, 3.8) is 0 Å². The zero-order valence-electron chi connectivity index (χ0n) is 11.1. The minimum atomic E-state index is -4.52. The van der Waals surface area contributed by atoms with E-state index in [9.17, 15) is 22.6 Å². The number of carbonyl (C=O) groups excluding carboxylic acids is 2. The van der Waals surface area contributed by atoms with Crippen molar-refractivity contribution < 1.29 is 27.3 Å². The van der Waals surface area contributed by atoms with E-state index in [1.54, 1.807) is 6.92 Å². The second-order valence-corrected chi connectivity index (χ2v) is 6.26. The molecule has 1 aliphatic rings. The fraction of sp³-hybridized carbons (Fsp3) is 0.308. The van der Waals surface area contributed by atoms with Gasteiger partial charge in [0.1, 0.15) is 5.25 Å². The molecule has 0 aliphatic heterocycles.